The van der Waals surface area contributed by atoms with Crippen molar-refractivity contribution in [1.82, 2.24) is 34.8 Å². The van der Waals surface area contributed by atoms with Crippen LogP contribution in [0.25, 0.3) is 22.6 Å². The lowest BCUT2D eigenvalue weighted by Gasteiger charge is -2.17. The molecule has 5 heterocycles. The number of hydrogen-bond acceptors (Lipinski definition) is 10. The number of aliphatic hydroxyl groups is 2. The number of halogens is 1. The van der Waals surface area contributed by atoms with E-state index < -0.39 is 30.4 Å². The molecule has 35 heavy (non-hydrogen) atoms. The maximum absolute atomic E-state index is 12.1. The molecule has 0 aromatic carbocycles. The number of aliphatic hydroxyl groups excluding tert-OH is 2. The lowest BCUT2D eigenvalue weighted by Crippen LogP contribution is -2.41. The summed E-state index contributed by atoms with van der Waals surface area (Å²) in [6.07, 6.45) is 0.983. The van der Waals surface area contributed by atoms with Gasteiger partial charge in [0.15, 0.2) is 35.1 Å². The topological polar surface area (TPSA) is 160 Å². The number of nitrogens with one attached hydrogen (secondary N) is 2. The van der Waals surface area contributed by atoms with Crippen LogP contribution in [0.1, 0.15) is 11.9 Å². The Hall–Kier alpha value is -3.71. The highest BCUT2D eigenvalue weighted by Crippen LogP contribution is 2.33. The molecule has 5 rings (SSSR count). The van der Waals surface area contributed by atoms with Crippen LogP contribution in [0.3, 0.4) is 0 Å². The van der Waals surface area contributed by atoms with Crippen LogP contribution in [-0.2, 0) is 16.1 Å². The molecule has 0 aliphatic carbocycles. The van der Waals surface area contributed by atoms with Crippen LogP contribution in [0.5, 0.6) is 0 Å². The summed E-state index contributed by atoms with van der Waals surface area (Å²) in [4.78, 5) is 34.2. The van der Waals surface area contributed by atoms with E-state index >= 15 is 0 Å². The highest BCUT2D eigenvalue weighted by molar-refractivity contribution is 6.30. The standard InChI is InChI=1S/C22H21ClN8O4/c1-24-21(34)17-15(32)16(33)22(35-17)31-10-28-14-19(27-9-13-4-2-3-5-26-13)29-18(30-20(14)31)11-6-12(23)8-25-7-11/h2-8,10,15-17,22,32-33H,9H2,1H3,(H,24,34)(H,27,29,30)/t15-,16+,17-,22+/m0/s1. The lowest BCUT2D eigenvalue weighted by molar-refractivity contribution is -0.137. The smallest absolute Gasteiger partial charge is 0.251 e. The van der Waals surface area contributed by atoms with Crippen molar-refractivity contribution in [3.63, 3.8) is 0 Å². The minimum absolute atomic E-state index is 0.300. The van der Waals surface area contributed by atoms with Crippen LogP contribution in [0, 0.1) is 0 Å². The Morgan fingerprint density at radius 2 is 2.06 bits per heavy atom. The molecule has 1 aliphatic rings. The third-order valence-corrected chi connectivity index (χ3v) is 5.77. The number of pyridine rings is 2. The molecule has 1 amide bonds. The molecule has 0 spiro atoms. The second kappa shape index (κ2) is 9.50. The van der Waals surface area contributed by atoms with Crippen molar-refractivity contribution < 1.29 is 19.7 Å². The molecule has 1 saturated heterocycles. The van der Waals surface area contributed by atoms with E-state index in [-0.39, 0.29) is 0 Å². The van der Waals surface area contributed by atoms with E-state index in [1.165, 1.54) is 24.1 Å². The second-order valence-electron chi connectivity index (χ2n) is 7.83. The number of anilines is 1. The number of aromatic nitrogens is 6. The molecule has 0 saturated carbocycles. The second-order valence-corrected chi connectivity index (χ2v) is 8.27. The number of likely N-dealkylation sites (N-methyl/N-ethyl adjacent to an activating group) is 1. The Morgan fingerprint density at radius 1 is 1.20 bits per heavy atom. The van der Waals surface area contributed by atoms with Crippen LogP contribution in [0.4, 0.5) is 5.82 Å². The summed E-state index contributed by atoms with van der Waals surface area (Å²) in [6, 6.07) is 7.25. The van der Waals surface area contributed by atoms with E-state index in [4.69, 9.17) is 16.3 Å². The minimum atomic E-state index is -1.43. The molecule has 4 atom stereocenters. The van der Waals surface area contributed by atoms with Crippen LogP contribution in [-0.4, -0.2) is 71.0 Å². The van der Waals surface area contributed by atoms with E-state index in [0.717, 1.165) is 5.69 Å². The average Bonchev–Trinajstić information content (AvgIpc) is 3.43. The number of hydrogen-bond donors (Lipinski definition) is 4. The third kappa shape index (κ3) is 4.39. The molecule has 4 aromatic rings. The summed E-state index contributed by atoms with van der Waals surface area (Å²) in [5, 5.41) is 27.1. The van der Waals surface area contributed by atoms with Gasteiger partial charge >= 0.3 is 0 Å². The van der Waals surface area contributed by atoms with Crippen molar-refractivity contribution in [1.29, 1.82) is 0 Å². The van der Waals surface area contributed by atoms with Gasteiger partial charge in [0.25, 0.3) is 5.91 Å². The molecule has 12 nitrogen and oxygen atoms in total. The molecule has 180 valence electrons. The number of fused-ring (bicyclic) bond motifs is 1. The first kappa shape index (κ1) is 23.1. The summed E-state index contributed by atoms with van der Waals surface area (Å²) in [6.45, 7) is 0.368. The number of rotatable bonds is 6. The van der Waals surface area contributed by atoms with E-state index in [1.54, 1.807) is 18.5 Å². The van der Waals surface area contributed by atoms with Crippen molar-refractivity contribution in [3.05, 3.63) is 59.9 Å². The van der Waals surface area contributed by atoms with Crippen molar-refractivity contribution in [3.8, 4) is 11.4 Å². The molecule has 0 radical (unpaired) electrons. The number of carbonyl (C=O) groups is 1. The molecule has 4 aromatic heterocycles. The summed E-state index contributed by atoms with van der Waals surface area (Å²) in [7, 11) is 1.42. The van der Waals surface area contributed by atoms with E-state index in [2.05, 4.69) is 35.6 Å². The Morgan fingerprint density at radius 3 is 2.80 bits per heavy atom. The van der Waals surface area contributed by atoms with Gasteiger partial charge in [-0.1, -0.05) is 17.7 Å². The zero-order chi connectivity index (χ0) is 24.5. The minimum Gasteiger partial charge on any atom is -0.387 e. The molecule has 13 heteroatoms. The van der Waals surface area contributed by atoms with Gasteiger partial charge in [0, 0.05) is 31.2 Å². The highest BCUT2D eigenvalue weighted by Gasteiger charge is 2.47. The first-order valence-electron chi connectivity index (χ1n) is 10.7. The highest BCUT2D eigenvalue weighted by atomic mass is 35.5. The third-order valence-electron chi connectivity index (χ3n) is 5.56. The van der Waals surface area contributed by atoms with Gasteiger partial charge in [-0.25, -0.2) is 15.0 Å². The fourth-order valence-electron chi connectivity index (χ4n) is 3.81. The van der Waals surface area contributed by atoms with Gasteiger partial charge in [-0.2, -0.15) is 0 Å². The van der Waals surface area contributed by atoms with Crippen LogP contribution in [0.15, 0.2) is 49.2 Å². The monoisotopic (exact) mass is 496 g/mol. The molecule has 4 N–H and O–H groups in total. The number of amides is 1. The van der Waals surface area contributed by atoms with Gasteiger partial charge in [0.2, 0.25) is 0 Å². The predicted octanol–water partition coefficient (Wildman–Crippen LogP) is 0.914. The SMILES string of the molecule is CNC(=O)[C@H]1O[C@@H](n2cnc3c(NCc4ccccn4)nc(-c4cncc(Cl)c4)nc32)[C@H](O)[C@@H]1O. The molecule has 1 fully saturated rings. The lowest BCUT2D eigenvalue weighted by atomic mass is 10.1. The van der Waals surface area contributed by atoms with Crippen LogP contribution < -0.4 is 10.6 Å². The Labute approximate surface area is 204 Å². The Kier molecular flexibility index (Phi) is 6.26. The van der Waals surface area contributed by atoms with Crippen molar-refractivity contribution in [2.45, 2.75) is 31.1 Å². The Balaban J connectivity index is 1.58. The summed E-state index contributed by atoms with van der Waals surface area (Å²) in [5.41, 5.74) is 2.06. The fourth-order valence-corrected chi connectivity index (χ4v) is 3.99. The first-order chi connectivity index (χ1) is 17.0. The fraction of sp³-hybridized carbons (Fsp3) is 0.273. The van der Waals surface area contributed by atoms with E-state index in [0.29, 0.717) is 39.9 Å². The van der Waals surface area contributed by atoms with Crippen molar-refractivity contribution in [2.75, 3.05) is 12.4 Å². The molecule has 0 unspecified atom stereocenters. The van der Waals surface area contributed by atoms with Gasteiger partial charge in [0.1, 0.15) is 12.2 Å². The molecule has 0 bridgehead atoms. The van der Waals surface area contributed by atoms with Crippen molar-refractivity contribution in [2.24, 2.45) is 0 Å². The molecule has 1 aliphatic heterocycles. The van der Waals surface area contributed by atoms with Gasteiger partial charge in [-0.15, -0.1) is 0 Å². The largest absolute Gasteiger partial charge is 0.387 e. The number of imidazole rings is 1. The zero-order valence-corrected chi connectivity index (χ0v) is 19.2. The van der Waals surface area contributed by atoms with E-state index in [1.807, 2.05) is 18.2 Å². The van der Waals surface area contributed by atoms with Crippen molar-refractivity contribution >= 4 is 34.5 Å². The van der Waals surface area contributed by atoms with Crippen LogP contribution >= 0.6 is 11.6 Å². The number of ether oxygens (including phenoxy) is 1. The van der Waals surface area contributed by atoms with Gasteiger partial charge in [-0.05, 0) is 18.2 Å². The van der Waals surface area contributed by atoms with Crippen LogP contribution in [0.2, 0.25) is 5.02 Å². The normalized spacial score (nSPS) is 21.8. The maximum atomic E-state index is 12.1. The van der Waals surface area contributed by atoms with Gasteiger partial charge < -0.3 is 25.6 Å². The summed E-state index contributed by atoms with van der Waals surface area (Å²) < 4.78 is 7.17. The summed E-state index contributed by atoms with van der Waals surface area (Å²) in [5.74, 6) is 0.153. The van der Waals surface area contributed by atoms with E-state index in [9.17, 15) is 15.0 Å². The van der Waals surface area contributed by atoms with Gasteiger partial charge in [-0.3, -0.25) is 19.3 Å². The molecular formula is C22H21ClN8O4. The molecular weight excluding hydrogens is 476 g/mol. The summed E-state index contributed by atoms with van der Waals surface area (Å²) >= 11 is 6.12. The predicted molar refractivity (Wildman–Crippen MR) is 125 cm³/mol. The quantitative estimate of drug-likeness (QED) is 0.302. The average molecular weight is 497 g/mol. The Bertz CT molecular complexity index is 1370. The zero-order valence-electron chi connectivity index (χ0n) is 18.4. The maximum Gasteiger partial charge on any atom is 0.251 e. The van der Waals surface area contributed by atoms with Gasteiger partial charge in [0.05, 0.1) is 23.6 Å². The first-order valence-corrected chi connectivity index (χ1v) is 11.1. The number of nitrogens with zero attached hydrogens (tertiary/aromatic N) is 6. The number of carbonyl (C=O) groups excluding carboxylic acids is 1.